The molecule has 0 radical (unpaired) electrons. The van der Waals surface area contributed by atoms with Gasteiger partial charge in [0.1, 0.15) is 11.4 Å². The van der Waals surface area contributed by atoms with Crippen LogP contribution >= 0.6 is 0 Å². The molecule has 0 saturated heterocycles. The number of primary amides is 1. The molecule has 3 aromatic rings. The van der Waals surface area contributed by atoms with E-state index in [0.29, 0.717) is 6.42 Å². The highest BCUT2D eigenvalue weighted by Crippen LogP contribution is 2.24. The lowest BCUT2D eigenvalue weighted by molar-refractivity contribution is 0.0995. The number of carbonyl (C=O) groups excluding carboxylic acids is 1. The fourth-order valence-electron chi connectivity index (χ4n) is 3.07. The molecule has 1 aromatic carbocycles. The van der Waals surface area contributed by atoms with E-state index in [-0.39, 0.29) is 18.3 Å². The Hall–Kier alpha value is -2.80. The fourth-order valence-corrected chi connectivity index (χ4v) is 3.07. The average molecular weight is 370 g/mol. The van der Waals surface area contributed by atoms with E-state index in [9.17, 15) is 9.90 Å². The standard InChI is InChI=1S/C20H26N4O3/c1-2-3-10-27-17-5-4-15-6-8-23(19(15)11-17)9-7-16(13-25)24-12-18(20(21)26)22-14-24/h4-6,8,11-12,14,16,25H,2-3,7,9-10,13H2,1H3,(H2,21,26). The van der Waals surface area contributed by atoms with E-state index in [1.165, 1.54) is 6.33 Å². The zero-order chi connectivity index (χ0) is 19.2. The van der Waals surface area contributed by atoms with Gasteiger partial charge in [-0.3, -0.25) is 4.79 Å². The van der Waals surface area contributed by atoms with Crippen LogP contribution < -0.4 is 10.5 Å². The second-order valence-electron chi connectivity index (χ2n) is 6.63. The minimum absolute atomic E-state index is 0.0425. The maximum atomic E-state index is 11.2. The molecule has 1 unspecified atom stereocenters. The first-order chi connectivity index (χ1) is 13.1. The molecule has 7 nitrogen and oxygen atoms in total. The number of unbranched alkanes of at least 4 members (excludes halogenated alkanes) is 1. The van der Waals surface area contributed by atoms with Gasteiger partial charge in [0.2, 0.25) is 0 Å². The number of aliphatic hydroxyl groups is 1. The van der Waals surface area contributed by atoms with Crippen molar-refractivity contribution in [1.82, 2.24) is 14.1 Å². The van der Waals surface area contributed by atoms with Crippen LogP contribution in [0.4, 0.5) is 0 Å². The molecule has 2 heterocycles. The molecule has 0 fully saturated rings. The smallest absolute Gasteiger partial charge is 0.268 e. The summed E-state index contributed by atoms with van der Waals surface area (Å²) in [5.74, 6) is 0.299. The molecule has 7 heteroatoms. The normalized spacial score (nSPS) is 12.4. The van der Waals surface area contributed by atoms with Crippen LogP contribution in [-0.2, 0) is 6.54 Å². The Labute approximate surface area is 158 Å². The summed E-state index contributed by atoms with van der Waals surface area (Å²) in [6.45, 7) is 3.54. The van der Waals surface area contributed by atoms with Gasteiger partial charge in [-0.25, -0.2) is 4.98 Å². The first-order valence-corrected chi connectivity index (χ1v) is 9.28. The number of aryl methyl sites for hydroxylation is 1. The second kappa shape index (κ2) is 8.73. The van der Waals surface area contributed by atoms with Crippen molar-refractivity contribution in [3.8, 4) is 5.75 Å². The highest BCUT2D eigenvalue weighted by Gasteiger charge is 2.14. The fraction of sp³-hybridized carbons (Fsp3) is 0.400. The zero-order valence-corrected chi connectivity index (χ0v) is 15.5. The Morgan fingerprint density at radius 3 is 2.93 bits per heavy atom. The molecule has 0 saturated carbocycles. The Kier molecular flexibility index (Phi) is 6.13. The number of hydrogen-bond acceptors (Lipinski definition) is 4. The van der Waals surface area contributed by atoms with E-state index in [4.69, 9.17) is 10.5 Å². The SMILES string of the molecule is CCCCOc1ccc2ccn(CCC(CO)n3cnc(C(N)=O)c3)c2c1. The highest BCUT2D eigenvalue weighted by atomic mass is 16.5. The third-order valence-corrected chi connectivity index (χ3v) is 4.70. The summed E-state index contributed by atoms with van der Waals surface area (Å²) >= 11 is 0. The summed E-state index contributed by atoms with van der Waals surface area (Å²) in [4.78, 5) is 15.2. The number of imidazole rings is 1. The summed E-state index contributed by atoms with van der Waals surface area (Å²) in [5.41, 5.74) is 6.55. The number of hydrogen-bond donors (Lipinski definition) is 2. The van der Waals surface area contributed by atoms with E-state index < -0.39 is 5.91 Å². The van der Waals surface area contributed by atoms with Crippen LogP contribution in [0.25, 0.3) is 10.9 Å². The number of carbonyl (C=O) groups is 1. The number of benzene rings is 1. The number of aliphatic hydroxyl groups excluding tert-OH is 1. The average Bonchev–Trinajstić information content (AvgIpc) is 3.30. The van der Waals surface area contributed by atoms with Gasteiger partial charge in [-0.2, -0.15) is 0 Å². The molecule has 0 aliphatic carbocycles. The van der Waals surface area contributed by atoms with Crippen LogP contribution in [0.2, 0.25) is 0 Å². The first-order valence-electron chi connectivity index (χ1n) is 9.28. The quantitative estimate of drug-likeness (QED) is 0.537. The van der Waals surface area contributed by atoms with Crippen LogP contribution in [0, 0.1) is 0 Å². The van der Waals surface area contributed by atoms with Crippen molar-refractivity contribution in [3.63, 3.8) is 0 Å². The molecule has 144 valence electrons. The molecular weight excluding hydrogens is 344 g/mol. The van der Waals surface area contributed by atoms with E-state index in [1.807, 2.05) is 12.3 Å². The van der Waals surface area contributed by atoms with Crippen LogP contribution in [0.1, 0.15) is 42.7 Å². The van der Waals surface area contributed by atoms with Crippen LogP contribution in [-0.4, -0.2) is 38.3 Å². The number of aromatic nitrogens is 3. The van der Waals surface area contributed by atoms with Gasteiger partial charge in [0.15, 0.2) is 0 Å². The Morgan fingerprint density at radius 1 is 1.37 bits per heavy atom. The van der Waals surface area contributed by atoms with E-state index >= 15 is 0 Å². The van der Waals surface area contributed by atoms with Crippen molar-refractivity contribution in [1.29, 1.82) is 0 Å². The maximum absolute atomic E-state index is 11.2. The minimum atomic E-state index is -0.572. The monoisotopic (exact) mass is 370 g/mol. The van der Waals surface area contributed by atoms with E-state index in [1.54, 1.807) is 10.8 Å². The number of amides is 1. The van der Waals surface area contributed by atoms with Gasteiger partial charge in [0.05, 0.1) is 31.1 Å². The third kappa shape index (κ3) is 4.49. The van der Waals surface area contributed by atoms with Crippen molar-refractivity contribution in [3.05, 3.63) is 48.7 Å². The summed E-state index contributed by atoms with van der Waals surface area (Å²) in [6, 6.07) is 8.01. The van der Waals surface area contributed by atoms with Gasteiger partial charge in [0, 0.05) is 25.0 Å². The van der Waals surface area contributed by atoms with E-state index in [2.05, 4.69) is 34.7 Å². The van der Waals surface area contributed by atoms with Gasteiger partial charge >= 0.3 is 0 Å². The highest BCUT2D eigenvalue weighted by molar-refractivity contribution is 5.90. The minimum Gasteiger partial charge on any atom is -0.494 e. The number of nitrogens with two attached hydrogens (primary N) is 1. The lowest BCUT2D eigenvalue weighted by Gasteiger charge is -2.16. The summed E-state index contributed by atoms with van der Waals surface area (Å²) < 4.78 is 9.70. The van der Waals surface area contributed by atoms with Crippen molar-refractivity contribution < 1.29 is 14.6 Å². The van der Waals surface area contributed by atoms with Crippen LogP contribution in [0.3, 0.4) is 0 Å². The largest absolute Gasteiger partial charge is 0.494 e. The Morgan fingerprint density at radius 2 is 2.22 bits per heavy atom. The van der Waals surface area contributed by atoms with Crippen molar-refractivity contribution in [2.24, 2.45) is 5.73 Å². The predicted molar refractivity (Wildman–Crippen MR) is 104 cm³/mol. The molecule has 0 aliphatic rings. The van der Waals surface area contributed by atoms with Gasteiger partial charge in [0.25, 0.3) is 5.91 Å². The summed E-state index contributed by atoms with van der Waals surface area (Å²) in [7, 11) is 0. The van der Waals surface area contributed by atoms with Crippen molar-refractivity contribution in [2.45, 2.75) is 38.8 Å². The van der Waals surface area contributed by atoms with Gasteiger partial charge < -0.3 is 24.7 Å². The molecule has 0 aliphatic heterocycles. The predicted octanol–water partition coefficient (Wildman–Crippen LogP) is 2.74. The molecule has 3 rings (SSSR count). The van der Waals surface area contributed by atoms with Gasteiger partial charge in [-0.15, -0.1) is 0 Å². The summed E-state index contributed by atoms with van der Waals surface area (Å²) in [6.07, 6.45) is 7.99. The molecule has 1 atom stereocenters. The molecule has 3 N–H and O–H groups in total. The topological polar surface area (TPSA) is 95.3 Å². The van der Waals surface area contributed by atoms with Crippen LogP contribution in [0.5, 0.6) is 5.75 Å². The van der Waals surface area contributed by atoms with E-state index in [0.717, 1.165) is 42.6 Å². The molecule has 1 amide bonds. The lowest BCUT2D eigenvalue weighted by atomic mass is 10.2. The molecule has 0 bridgehead atoms. The molecular formula is C20H26N4O3. The Balaban J connectivity index is 1.70. The van der Waals surface area contributed by atoms with Gasteiger partial charge in [-0.05, 0) is 36.4 Å². The Bertz CT molecular complexity index is 900. The number of nitrogens with zero attached hydrogens (tertiary/aromatic N) is 3. The first kappa shape index (κ1) is 19.0. The van der Waals surface area contributed by atoms with Crippen LogP contribution in [0.15, 0.2) is 43.0 Å². The summed E-state index contributed by atoms with van der Waals surface area (Å²) in [5, 5.41) is 10.9. The van der Waals surface area contributed by atoms with Gasteiger partial charge in [-0.1, -0.05) is 13.3 Å². The molecule has 0 spiro atoms. The number of rotatable bonds is 10. The third-order valence-electron chi connectivity index (χ3n) is 4.70. The van der Waals surface area contributed by atoms with Crippen molar-refractivity contribution >= 4 is 16.8 Å². The second-order valence-corrected chi connectivity index (χ2v) is 6.63. The molecule has 2 aromatic heterocycles. The maximum Gasteiger partial charge on any atom is 0.268 e. The molecule has 27 heavy (non-hydrogen) atoms. The number of ether oxygens (including phenoxy) is 1. The van der Waals surface area contributed by atoms with Crippen molar-refractivity contribution in [2.75, 3.05) is 13.2 Å². The zero-order valence-electron chi connectivity index (χ0n) is 15.5. The lowest BCUT2D eigenvalue weighted by Crippen LogP contribution is -2.15. The number of fused-ring (bicyclic) bond motifs is 1.